The molecule has 0 aliphatic carbocycles. The summed E-state index contributed by atoms with van der Waals surface area (Å²) in [6, 6.07) is -0.128. The lowest BCUT2D eigenvalue weighted by Gasteiger charge is -2.19. The van der Waals surface area contributed by atoms with Crippen LogP contribution in [0, 0.1) is 10.1 Å². The molecule has 2 rings (SSSR count). The fourth-order valence-corrected chi connectivity index (χ4v) is 2.44. The summed E-state index contributed by atoms with van der Waals surface area (Å²) in [7, 11) is 1.04. The number of hydrogen-bond donors (Lipinski definition) is 2. The number of ether oxygens (including phenoxy) is 1. The van der Waals surface area contributed by atoms with E-state index in [0.717, 1.165) is 19.4 Å². The van der Waals surface area contributed by atoms with Gasteiger partial charge in [0, 0.05) is 12.3 Å². The standard InChI is InChI=1S/C15H17N5O8/c1-4-15(2)13(24)19(14(25)16-15)17-10(21)7-18-6-8(12(23)28-3)5-9(11(18)22)20(26)27/h5-6H,4,7H2,1-3H3,(H,16,25)(H,17,21). The maximum Gasteiger partial charge on any atom is 0.344 e. The molecule has 1 aromatic heterocycles. The van der Waals surface area contributed by atoms with E-state index in [2.05, 4.69) is 10.1 Å². The number of nitrogens with zero attached hydrogens (tertiary/aromatic N) is 3. The molecule has 150 valence electrons. The summed E-state index contributed by atoms with van der Waals surface area (Å²) in [5, 5.41) is 13.9. The van der Waals surface area contributed by atoms with E-state index < -0.39 is 52.1 Å². The van der Waals surface area contributed by atoms with Crippen LogP contribution in [-0.2, 0) is 20.9 Å². The summed E-state index contributed by atoms with van der Waals surface area (Å²) >= 11 is 0. The predicted octanol–water partition coefficient (Wildman–Crippen LogP) is -0.705. The second kappa shape index (κ2) is 7.46. The average Bonchev–Trinajstić information content (AvgIpc) is 2.86. The van der Waals surface area contributed by atoms with E-state index >= 15 is 0 Å². The quantitative estimate of drug-likeness (QED) is 0.275. The third kappa shape index (κ3) is 3.67. The highest BCUT2D eigenvalue weighted by atomic mass is 16.6. The highest BCUT2D eigenvalue weighted by Crippen LogP contribution is 2.19. The van der Waals surface area contributed by atoms with E-state index in [1.54, 1.807) is 6.92 Å². The third-order valence-electron chi connectivity index (χ3n) is 4.20. The van der Waals surface area contributed by atoms with E-state index in [1.165, 1.54) is 6.92 Å². The monoisotopic (exact) mass is 395 g/mol. The van der Waals surface area contributed by atoms with Crippen molar-refractivity contribution in [3.63, 3.8) is 0 Å². The zero-order valence-electron chi connectivity index (χ0n) is 15.2. The zero-order chi connectivity index (χ0) is 21.2. The lowest BCUT2D eigenvalue weighted by molar-refractivity contribution is -0.386. The summed E-state index contributed by atoms with van der Waals surface area (Å²) in [6.45, 7) is 2.36. The minimum absolute atomic E-state index is 0.275. The minimum atomic E-state index is -1.19. The van der Waals surface area contributed by atoms with Crippen LogP contribution in [0.25, 0.3) is 0 Å². The number of aromatic nitrogens is 1. The van der Waals surface area contributed by atoms with Gasteiger partial charge < -0.3 is 10.1 Å². The maximum atomic E-state index is 12.3. The van der Waals surface area contributed by atoms with Crippen molar-refractivity contribution in [2.24, 2.45) is 0 Å². The van der Waals surface area contributed by atoms with Gasteiger partial charge in [-0.2, -0.15) is 5.01 Å². The molecular weight excluding hydrogens is 378 g/mol. The fraction of sp³-hybridized carbons (Fsp3) is 0.400. The summed E-state index contributed by atoms with van der Waals surface area (Å²) in [5.74, 6) is -2.64. The Bertz CT molecular complexity index is 939. The van der Waals surface area contributed by atoms with E-state index in [1.807, 2.05) is 5.43 Å². The molecule has 0 saturated carbocycles. The number of carbonyl (C=O) groups is 4. The van der Waals surface area contributed by atoms with Gasteiger partial charge in [0.25, 0.3) is 11.8 Å². The molecular formula is C15H17N5O8. The molecule has 1 aliphatic heterocycles. The van der Waals surface area contributed by atoms with Crippen molar-refractivity contribution in [2.75, 3.05) is 7.11 Å². The van der Waals surface area contributed by atoms with E-state index in [-0.39, 0.29) is 12.0 Å². The first kappa shape index (κ1) is 20.5. The molecule has 1 aliphatic rings. The molecule has 1 fully saturated rings. The highest BCUT2D eigenvalue weighted by Gasteiger charge is 2.47. The Morgan fingerprint density at radius 1 is 1.36 bits per heavy atom. The van der Waals surface area contributed by atoms with Gasteiger partial charge in [0.1, 0.15) is 12.1 Å². The topological polar surface area (TPSA) is 170 Å². The van der Waals surface area contributed by atoms with Crippen LogP contribution in [0.3, 0.4) is 0 Å². The first-order valence-corrected chi connectivity index (χ1v) is 7.97. The van der Waals surface area contributed by atoms with Crippen molar-refractivity contribution in [1.82, 2.24) is 20.3 Å². The Balaban J connectivity index is 2.29. The molecule has 1 saturated heterocycles. The van der Waals surface area contributed by atoms with E-state index in [4.69, 9.17) is 0 Å². The summed E-state index contributed by atoms with van der Waals surface area (Å²) in [5.41, 5.74) is -1.56. The minimum Gasteiger partial charge on any atom is -0.465 e. The van der Waals surface area contributed by atoms with Crippen LogP contribution in [0.15, 0.2) is 17.1 Å². The van der Waals surface area contributed by atoms with Gasteiger partial charge in [-0.1, -0.05) is 6.92 Å². The molecule has 1 atom stereocenters. The van der Waals surface area contributed by atoms with Crippen LogP contribution in [-0.4, -0.2) is 51.0 Å². The number of nitro groups is 1. The third-order valence-corrected chi connectivity index (χ3v) is 4.20. The van der Waals surface area contributed by atoms with Crippen molar-refractivity contribution in [3.05, 3.63) is 38.3 Å². The lowest BCUT2D eigenvalue weighted by atomic mass is 10.00. The molecule has 0 radical (unpaired) electrons. The molecule has 1 aromatic rings. The Morgan fingerprint density at radius 2 is 2.00 bits per heavy atom. The molecule has 28 heavy (non-hydrogen) atoms. The fourth-order valence-electron chi connectivity index (χ4n) is 2.44. The molecule has 2 N–H and O–H groups in total. The first-order chi connectivity index (χ1) is 13.0. The van der Waals surface area contributed by atoms with Gasteiger partial charge in [0.05, 0.1) is 17.6 Å². The Labute approximate surface area is 157 Å². The first-order valence-electron chi connectivity index (χ1n) is 7.97. The van der Waals surface area contributed by atoms with Gasteiger partial charge in [-0.3, -0.25) is 34.5 Å². The molecule has 4 amide bonds. The number of esters is 1. The van der Waals surface area contributed by atoms with Gasteiger partial charge in [0.2, 0.25) is 0 Å². The molecule has 13 nitrogen and oxygen atoms in total. The molecule has 0 bridgehead atoms. The lowest BCUT2D eigenvalue weighted by Crippen LogP contribution is -2.49. The molecule has 13 heteroatoms. The van der Waals surface area contributed by atoms with Crippen LogP contribution in [0.1, 0.15) is 30.6 Å². The number of hydrogen-bond acceptors (Lipinski definition) is 8. The maximum absolute atomic E-state index is 12.3. The second-order valence-corrected chi connectivity index (χ2v) is 6.09. The second-order valence-electron chi connectivity index (χ2n) is 6.09. The summed E-state index contributed by atoms with van der Waals surface area (Å²) in [4.78, 5) is 70.2. The number of hydrazine groups is 1. The van der Waals surface area contributed by atoms with Crippen LogP contribution in [0.2, 0.25) is 0 Å². The van der Waals surface area contributed by atoms with Crippen molar-refractivity contribution in [1.29, 1.82) is 0 Å². The molecule has 2 heterocycles. The predicted molar refractivity (Wildman–Crippen MR) is 90.9 cm³/mol. The number of nitrogens with one attached hydrogen (secondary N) is 2. The SMILES string of the molecule is CCC1(C)NC(=O)N(NC(=O)Cn2cc(C(=O)OC)cc([N+](=O)[O-])c2=O)C1=O. The van der Waals surface area contributed by atoms with Gasteiger partial charge in [-0.25, -0.2) is 9.59 Å². The molecule has 0 aromatic carbocycles. The number of imide groups is 1. The largest absolute Gasteiger partial charge is 0.465 e. The van der Waals surface area contributed by atoms with Crippen molar-refractivity contribution >= 4 is 29.5 Å². The Hall–Kier alpha value is -3.77. The van der Waals surface area contributed by atoms with Crippen LogP contribution in [0.4, 0.5) is 10.5 Å². The number of carbonyl (C=O) groups excluding carboxylic acids is 4. The van der Waals surface area contributed by atoms with Gasteiger partial charge in [-0.15, -0.1) is 0 Å². The van der Waals surface area contributed by atoms with Gasteiger partial charge >= 0.3 is 23.2 Å². The van der Waals surface area contributed by atoms with E-state index in [0.29, 0.717) is 9.58 Å². The number of pyridine rings is 1. The normalized spacial score (nSPS) is 18.6. The van der Waals surface area contributed by atoms with Crippen molar-refractivity contribution in [2.45, 2.75) is 32.4 Å². The zero-order valence-corrected chi connectivity index (χ0v) is 15.2. The number of urea groups is 1. The smallest absolute Gasteiger partial charge is 0.344 e. The summed E-state index contributed by atoms with van der Waals surface area (Å²) in [6.07, 6.45) is 1.18. The van der Waals surface area contributed by atoms with Crippen LogP contribution >= 0.6 is 0 Å². The number of amides is 4. The summed E-state index contributed by atoms with van der Waals surface area (Å²) < 4.78 is 5.07. The van der Waals surface area contributed by atoms with Crippen LogP contribution in [0.5, 0.6) is 0 Å². The van der Waals surface area contributed by atoms with Crippen molar-refractivity contribution in [3.8, 4) is 0 Å². The van der Waals surface area contributed by atoms with Crippen molar-refractivity contribution < 1.29 is 28.8 Å². The average molecular weight is 395 g/mol. The van der Waals surface area contributed by atoms with Gasteiger partial charge in [0.15, 0.2) is 0 Å². The van der Waals surface area contributed by atoms with Gasteiger partial charge in [-0.05, 0) is 13.3 Å². The molecule has 1 unspecified atom stereocenters. The van der Waals surface area contributed by atoms with Crippen LogP contribution < -0.4 is 16.3 Å². The number of rotatable bonds is 6. The van der Waals surface area contributed by atoms with E-state index in [9.17, 15) is 34.1 Å². The Kier molecular flexibility index (Phi) is 5.47. The Morgan fingerprint density at radius 3 is 2.50 bits per heavy atom. The molecule has 0 spiro atoms. The highest BCUT2D eigenvalue weighted by molar-refractivity contribution is 6.07. The number of methoxy groups -OCH3 is 1.